The van der Waals surface area contributed by atoms with Crippen molar-refractivity contribution in [3.8, 4) is 17.6 Å². The number of hydrogen-bond donors (Lipinski definition) is 2. The second-order valence-electron chi connectivity index (χ2n) is 4.04. The maximum atomic E-state index is 5.82. The number of anilines is 1. The summed E-state index contributed by atoms with van der Waals surface area (Å²) < 4.78 is 5.15. The highest BCUT2D eigenvalue weighted by Crippen LogP contribution is 2.18. The van der Waals surface area contributed by atoms with Crippen LogP contribution in [0, 0.1) is 11.8 Å². The van der Waals surface area contributed by atoms with Crippen LogP contribution in [0.5, 0.6) is 5.75 Å². The molecule has 3 rings (SSSR count). The van der Waals surface area contributed by atoms with Crippen molar-refractivity contribution in [2.75, 3.05) is 12.8 Å². The second kappa shape index (κ2) is 4.90. The summed E-state index contributed by atoms with van der Waals surface area (Å²) in [5.74, 6) is 7.14. The first-order valence-electron chi connectivity index (χ1n) is 5.88. The zero-order valence-electron chi connectivity index (χ0n) is 10.7. The Morgan fingerprint density at radius 3 is 3.00 bits per heavy atom. The van der Waals surface area contributed by atoms with Crippen LogP contribution in [0.4, 0.5) is 5.82 Å². The van der Waals surface area contributed by atoms with Crippen molar-refractivity contribution in [3.63, 3.8) is 0 Å². The number of benzene rings is 1. The molecule has 0 aliphatic rings. The summed E-state index contributed by atoms with van der Waals surface area (Å²) in [4.78, 5) is 7.97. The standard InChI is InChI=1S/C14H11N5O/c1-20-10-4-2-3-9(7-10)5-6-11-12-13(15)16-8-17-14(12)19-18-11/h2-4,7-8H,1H3,(H3,15,16,17,18,19). The largest absolute Gasteiger partial charge is 0.497 e. The fraction of sp³-hybridized carbons (Fsp3) is 0.0714. The number of aromatic nitrogens is 4. The van der Waals surface area contributed by atoms with Gasteiger partial charge in [-0.3, -0.25) is 5.10 Å². The zero-order valence-corrected chi connectivity index (χ0v) is 10.7. The van der Waals surface area contributed by atoms with E-state index in [4.69, 9.17) is 10.5 Å². The first kappa shape index (κ1) is 12.0. The van der Waals surface area contributed by atoms with Gasteiger partial charge in [0, 0.05) is 5.56 Å². The molecule has 3 N–H and O–H groups in total. The average molecular weight is 265 g/mol. The van der Waals surface area contributed by atoms with E-state index in [0.29, 0.717) is 22.5 Å². The molecule has 98 valence electrons. The van der Waals surface area contributed by atoms with Gasteiger partial charge in [-0.1, -0.05) is 12.0 Å². The van der Waals surface area contributed by atoms with Crippen LogP contribution in [0.2, 0.25) is 0 Å². The monoisotopic (exact) mass is 265 g/mol. The molecule has 6 heteroatoms. The number of hydrogen-bond acceptors (Lipinski definition) is 5. The molecule has 0 aliphatic heterocycles. The number of rotatable bonds is 1. The SMILES string of the molecule is COc1cccc(C#Cc2[nH]nc3ncnc(N)c23)c1. The van der Waals surface area contributed by atoms with Crippen molar-refractivity contribution in [2.45, 2.75) is 0 Å². The maximum Gasteiger partial charge on any atom is 0.187 e. The molecule has 0 amide bonds. The number of fused-ring (bicyclic) bond motifs is 1. The van der Waals surface area contributed by atoms with Crippen LogP contribution < -0.4 is 10.5 Å². The Labute approximate surface area is 115 Å². The van der Waals surface area contributed by atoms with E-state index in [1.807, 2.05) is 24.3 Å². The smallest absolute Gasteiger partial charge is 0.187 e. The van der Waals surface area contributed by atoms with Crippen LogP contribution in [0.25, 0.3) is 11.0 Å². The average Bonchev–Trinajstić information content (AvgIpc) is 2.90. The molecule has 0 aliphatic carbocycles. The predicted molar refractivity (Wildman–Crippen MR) is 75.1 cm³/mol. The minimum absolute atomic E-state index is 0.360. The van der Waals surface area contributed by atoms with E-state index >= 15 is 0 Å². The molecule has 2 aromatic heterocycles. The lowest BCUT2D eigenvalue weighted by Gasteiger charge is -1.98. The fourth-order valence-corrected chi connectivity index (χ4v) is 1.80. The summed E-state index contributed by atoms with van der Waals surface area (Å²) in [5, 5.41) is 7.50. The Morgan fingerprint density at radius 1 is 1.25 bits per heavy atom. The summed E-state index contributed by atoms with van der Waals surface area (Å²) in [5.41, 5.74) is 7.76. The molecule has 0 atom stereocenters. The third-order valence-electron chi connectivity index (χ3n) is 2.78. The quantitative estimate of drug-likeness (QED) is 0.648. The molecule has 20 heavy (non-hydrogen) atoms. The molecule has 0 fully saturated rings. The highest BCUT2D eigenvalue weighted by atomic mass is 16.5. The van der Waals surface area contributed by atoms with E-state index in [1.165, 1.54) is 6.33 Å². The van der Waals surface area contributed by atoms with Gasteiger partial charge in [-0.2, -0.15) is 5.10 Å². The first-order chi connectivity index (χ1) is 9.78. The molecule has 3 aromatic rings. The molecule has 6 nitrogen and oxygen atoms in total. The predicted octanol–water partition coefficient (Wildman–Crippen LogP) is 1.34. The van der Waals surface area contributed by atoms with E-state index in [-0.39, 0.29) is 0 Å². The molecule has 0 unspecified atom stereocenters. The van der Waals surface area contributed by atoms with E-state index < -0.39 is 0 Å². The summed E-state index contributed by atoms with van der Waals surface area (Å²) in [6.07, 6.45) is 1.37. The van der Waals surface area contributed by atoms with Crippen LogP contribution in [0.3, 0.4) is 0 Å². The van der Waals surface area contributed by atoms with Gasteiger partial charge in [-0.15, -0.1) is 0 Å². The van der Waals surface area contributed by atoms with Crippen LogP contribution in [-0.4, -0.2) is 27.3 Å². The van der Waals surface area contributed by atoms with Crippen molar-refractivity contribution in [1.82, 2.24) is 20.2 Å². The van der Waals surface area contributed by atoms with Gasteiger partial charge in [-0.25, -0.2) is 9.97 Å². The number of nitrogen functional groups attached to an aromatic ring is 1. The van der Waals surface area contributed by atoms with Gasteiger partial charge < -0.3 is 10.5 Å². The summed E-state index contributed by atoms with van der Waals surface area (Å²) >= 11 is 0. The highest BCUT2D eigenvalue weighted by Gasteiger charge is 2.08. The Hall–Kier alpha value is -3.07. The van der Waals surface area contributed by atoms with Crippen molar-refractivity contribution < 1.29 is 4.74 Å². The second-order valence-corrected chi connectivity index (χ2v) is 4.04. The fourth-order valence-electron chi connectivity index (χ4n) is 1.80. The van der Waals surface area contributed by atoms with Crippen LogP contribution in [0.1, 0.15) is 11.3 Å². The molecule has 0 spiro atoms. The summed E-state index contributed by atoms with van der Waals surface area (Å²) in [6.45, 7) is 0. The summed E-state index contributed by atoms with van der Waals surface area (Å²) in [7, 11) is 1.62. The number of nitrogens with one attached hydrogen (secondary N) is 1. The van der Waals surface area contributed by atoms with Crippen molar-refractivity contribution in [1.29, 1.82) is 0 Å². The van der Waals surface area contributed by atoms with Crippen LogP contribution in [-0.2, 0) is 0 Å². The van der Waals surface area contributed by atoms with Crippen molar-refractivity contribution in [3.05, 3.63) is 41.9 Å². The minimum Gasteiger partial charge on any atom is -0.497 e. The van der Waals surface area contributed by atoms with Gasteiger partial charge in [0.05, 0.1) is 12.5 Å². The van der Waals surface area contributed by atoms with E-state index in [1.54, 1.807) is 7.11 Å². The van der Waals surface area contributed by atoms with Gasteiger partial charge >= 0.3 is 0 Å². The van der Waals surface area contributed by atoms with Crippen LogP contribution >= 0.6 is 0 Å². The molecule has 1 aromatic carbocycles. The normalized spacial score (nSPS) is 10.1. The van der Waals surface area contributed by atoms with E-state index in [9.17, 15) is 0 Å². The molecule has 0 saturated carbocycles. The van der Waals surface area contributed by atoms with Crippen molar-refractivity contribution >= 4 is 16.9 Å². The van der Waals surface area contributed by atoms with E-state index in [2.05, 4.69) is 32.0 Å². The number of nitrogens with two attached hydrogens (primary N) is 1. The number of H-pyrrole nitrogens is 1. The third kappa shape index (κ3) is 2.12. The highest BCUT2D eigenvalue weighted by molar-refractivity contribution is 5.89. The lowest BCUT2D eigenvalue weighted by atomic mass is 10.2. The molecule has 0 radical (unpaired) electrons. The van der Waals surface area contributed by atoms with Gasteiger partial charge in [0.2, 0.25) is 0 Å². The zero-order chi connectivity index (χ0) is 13.9. The maximum absolute atomic E-state index is 5.82. The third-order valence-corrected chi connectivity index (χ3v) is 2.78. The number of aromatic amines is 1. The van der Waals surface area contributed by atoms with Crippen molar-refractivity contribution in [2.24, 2.45) is 0 Å². The minimum atomic E-state index is 0.360. The molecule has 0 bridgehead atoms. The van der Waals surface area contributed by atoms with Gasteiger partial charge in [0.25, 0.3) is 0 Å². The Bertz CT molecular complexity index is 828. The Kier molecular flexibility index (Phi) is 2.94. The summed E-state index contributed by atoms with van der Waals surface area (Å²) in [6, 6.07) is 7.49. The molecule has 2 heterocycles. The molecule has 0 saturated heterocycles. The Balaban J connectivity index is 2.04. The molecular formula is C14H11N5O. The number of ether oxygens (including phenoxy) is 1. The lowest BCUT2D eigenvalue weighted by Crippen LogP contribution is -1.92. The van der Waals surface area contributed by atoms with Crippen LogP contribution in [0.15, 0.2) is 30.6 Å². The first-order valence-corrected chi connectivity index (χ1v) is 5.88. The topological polar surface area (TPSA) is 89.7 Å². The molecular weight excluding hydrogens is 254 g/mol. The number of nitrogens with zero attached hydrogens (tertiary/aromatic N) is 3. The van der Waals surface area contributed by atoms with Gasteiger partial charge in [-0.05, 0) is 24.1 Å². The lowest BCUT2D eigenvalue weighted by molar-refractivity contribution is 0.414. The Morgan fingerprint density at radius 2 is 2.15 bits per heavy atom. The van der Waals surface area contributed by atoms with E-state index in [0.717, 1.165) is 11.3 Å². The van der Waals surface area contributed by atoms with Gasteiger partial charge in [0.1, 0.15) is 23.6 Å². The number of methoxy groups -OCH3 is 1. The van der Waals surface area contributed by atoms with Gasteiger partial charge in [0.15, 0.2) is 5.65 Å².